The fraction of sp³-hybridized carbons (Fsp3) is 0.364. The molecule has 0 aliphatic heterocycles. The third-order valence-electron chi connectivity index (χ3n) is 2.10. The second-order valence-electron chi connectivity index (χ2n) is 3.18. The topological polar surface area (TPSA) is 17.1 Å². The number of Topliss-reactive ketones (excluding diaryl/α,β-unsaturated/α-hetero) is 1. The smallest absolute Gasteiger partial charge is 0.180 e. The number of halogens is 1. The fourth-order valence-electron chi connectivity index (χ4n) is 1.33. The maximum atomic E-state index is 11.7. The van der Waals surface area contributed by atoms with Crippen molar-refractivity contribution in [2.45, 2.75) is 30.5 Å². The van der Waals surface area contributed by atoms with E-state index in [1.807, 2.05) is 19.1 Å². The normalized spacial score (nSPS) is 12.6. The van der Waals surface area contributed by atoms with E-state index in [2.05, 4.69) is 12.6 Å². The Bertz CT molecular complexity index is 347. The minimum Gasteiger partial charge on any atom is -0.293 e. The lowest BCUT2D eigenvalue weighted by Gasteiger charge is -2.08. The molecule has 0 aromatic heterocycles. The molecule has 0 fully saturated rings. The number of thiol groups is 1. The predicted molar refractivity (Wildman–Crippen MR) is 62.7 cm³/mol. The summed E-state index contributed by atoms with van der Waals surface area (Å²) < 4.78 is 0. The van der Waals surface area contributed by atoms with E-state index < -0.39 is 5.38 Å². The molecule has 0 aliphatic carbocycles. The quantitative estimate of drug-likeness (QED) is 0.477. The van der Waals surface area contributed by atoms with Crippen molar-refractivity contribution in [2.75, 3.05) is 0 Å². The van der Waals surface area contributed by atoms with E-state index in [1.54, 1.807) is 13.0 Å². The summed E-state index contributed by atoms with van der Waals surface area (Å²) in [5, 5.41) is -0.467. The van der Waals surface area contributed by atoms with Crippen LogP contribution in [0.1, 0.15) is 29.8 Å². The van der Waals surface area contributed by atoms with Gasteiger partial charge in [-0.15, -0.1) is 24.2 Å². The summed E-state index contributed by atoms with van der Waals surface area (Å²) in [4.78, 5) is 12.6. The van der Waals surface area contributed by atoms with Crippen LogP contribution in [0.15, 0.2) is 23.1 Å². The second kappa shape index (κ2) is 4.85. The number of rotatable bonds is 3. The molecule has 1 rings (SSSR count). The number of carbonyl (C=O) groups excluding carboxylic acids is 1. The Morgan fingerprint density at radius 2 is 2.21 bits per heavy atom. The Balaban J connectivity index is 3.14. The monoisotopic (exact) mass is 228 g/mol. The first kappa shape index (κ1) is 11.6. The summed E-state index contributed by atoms with van der Waals surface area (Å²) in [7, 11) is 0. The molecule has 0 aliphatic rings. The highest BCUT2D eigenvalue weighted by atomic mass is 35.5. The summed E-state index contributed by atoms with van der Waals surface area (Å²) in [6.45, 7) is 3.70. The highest BCUT2D eigenvalue weighted by molar-refractivity contribution is 7.80. The van der Waals surface area contributed by atoms with Gasteiger partial charge in [0.2, 0.25) is 0 Å². The molecule has 0 saturated carbocycles. The molecule has 1 nitrogen and oxygen atoms in total. The lowest BCUT2D eigenvalue weighted by atomic mass is 10.0. The van der Waals surface area contributed by atoms with Crippen LogP contribution in [0, 0.1) is 0 Å². The van der Waals surface area contributed by atoms with E-state index in [1.165, 1.54) is 0 Å². The summed E-state index contributed by atoms with van der Waals surface area (Å²) in [6, 6.07) is 5.52. The van der Waals surface area contributed by atoms with E-state index in [0.29, 0.717) is 5.56 Å². The predicted octanol–water partition coefficient (Wildman–Crippen LogP) is 3.35. The van der Waals surface area contributed by atoms with E-state index >= 15 is 0 Å². The van der Waals surface area contributed by atoms with Crippen LogP contribution in [-0.4, -0.2) is 11.2 Å². The Morgan fingerprint density at radius 1 is 1.57 bits per heavy atom. The maximum absolute atomic E-state index is 11.7. The molecule has 1 aromatic rings. The number of aryl methyl sites for hydroxylation is 1. The first-order valence-electron chi connectivity index (χ1n) is 4.56. The molecule has 0 radical (unpaired) electrons. The molecule has 0 amide bonds. The maximum Gasteiger partial charge on any atom is 0.180 e. The zero-order valence-corrected chi connectivity index (χ0v) is 9.90. The summed E-state index contributed by atoms with van der Waals surface area (Å²) in [5.74, 6) is -0.0168. The SMILES string of the molecule is CCc1cc(S)ccc1C(=O)C(C)Cl. The molecular weight excluding hydrogens is 216 g/mol. The zero-order chi connectivity index (χ0) is 10.7. The number of benzene rings is 1. The first-order chi connectivity index (χ1) is 6.56. The third-order valence-corrected chi connectivity index (χ3v) is 2.57. The van der Waals surface area contributed by atoms with Gasteiger partial charge in [0, 0.05) is 10.5 Å². The van der Waals surface area contributed by atoms with Crippen molar-refractivity contribution in [3.63, 3.8) is 0 Å². The van der Waals surface area contributed by atoms with Gasteiger partial charge in [-0.05, 0) is 37.1 Å². The highest BCUT2D eigenvalue weighted by Gasteiger charge is 2.15. The molecule has 0 bridgehead atoms. The lowest BCUT2D eigenvalue weighted by molar-refractivity contribution is 0.0991. The van der Waals surface area contributed by atoms with Crippen LogP contribution in [-0.2, 0) is 6.42 Å². The van der Waals surface area contributed by atoms with Crippen LogP contribution in [0.4, 0.5) is 0 Å². The van der Waals surface area contributed by atoms with Gasteiger partial charge in [-0.25, -0.2) is 0 Å². The second-order valence-corrected chi connectivity index (χ2v) is 4.35. The third kappa shape index (κ3) is 2.52. The van der Waals surface area contributed by atoms with Gasteiger partial charge in [0.25, 0.3) is 0 Å². The van der Waals surface area contributed by atoms with Gasteiger partial charge in [0.05, 0.1) is 5.38 Å². The van der Waals surface area contributed by atoms with Gasteiger partial charge in [-0.3, -0.25) is 4.79 Å². The molecule has 1 atom stereocenters. The van der Waals surface area contributed by atoms with Crippen LogP contribution in [0.25, 0.3) is 0 Å². The van der Waals surface area contributed by atoms with Crippen molar-refractivity contribution in [2.24, 2.45) is 0 Å². The summed E-state index contributed by atoms with van der Waals surface area (Å²) in [5.41, 5.74) is 1.72. The lowest BCUT2D eigenvalue weighted by Crippen LogP contribution is -2.12. The van der Waals surface area contributed by atoms with Gasteiger partial charge in [-0.2, -0.15) is 0 Å². The van der Waals surface area contributed by atoms with Crippen molar-refractivity contribution in [3.8, 4) is 0 Å². The molecule has 1 aromatic carbocycles. The van der Waals surface area contributed by atoms with Crippen LogP contribution in [0.3, 0.4) is 0 Å². The van der Waals surface area contributed by atoms with Crippen LogP contribution < -0.4 is 0 Å². The van der Waals surface area contributed by atoms with Crippen LogP contribution in [0.5, 0.6) is 0 Å². The number of ketones is 1. The number of carbonyl (C=O) groups is 1. The molecule has 0 N–H and O–H groups in total. The average molecular weight is 229 g/mol. The standard InChI is InChI=1S/C11H13ClOS/c1-3-8-6-9(14)4-5-10(8)11(13)7(2)12/h4-7,14H,3H2,1-2H3. The van der Waals surface area contributed by atoms with Gasteiger partial charge >= 0.3 is 0 Å². The van der Waals surface area contributed by atoms with Crippen molar-refractivity contribution in [1.82, 2.24) is 0 Å². The minimum atomic E-state index is -0.467. The largest absolute Gasteiger partial charge is 0.293 e. The minimum absolute atomic E-state index is 0.0168. The first-order valence-corrected chi connectivity index (χ1v) is 5.44. The van der Waals surface area contributed by atoms with Crippen LogP contribution >= 0.6 is 24.2 Å². The van der Waals surface area contributed by atoms with Gasteiger partial charge in [0.1, 0.15) is 0 Å². The molecular formula is C11H13ClOS. The Hall–Kier alpha value is -0.470. The molecule has 0 heterocycles. The number of hydrogen-bond acceptors (Lipinski definition) is 2. The van der Waals surface area contributed by atoms with Crippen molar-refractivity contribution in [1.29, 1.82) is 0 Å². The molecule has 1 unspecified atom stereocenters. The Kier molecular flexibility index (Phi) is 4.02. The number of hydrogen-bond donors (Lipinski definition) is 1. The van der Waals surface area contributed by atoms with Gasteiger partial charge in [0.15, 0.2) is 5.78 Å². The van der Waals surface area contributed by atoms with Crippen molar-refractivity contribution < 1.29 is 4.79 Å². The van der Waals surface area contributed by atoms with Crippen molar-refractivity contribution >= 4 is 30.0 Å². The zero-order valence-electron chi connectivity index (χ0n) is 8.25. The number of alkyl halides is 1. The van der Waals surface area contributed by atoms with E-state index in [9.17, 15) is 4.79 Å². The molecule has 3 heteroatoms. The van der Waals surface area contributed by atoms with E-state index in [-0.39, 0.29) is 5.78 Å². The van der Waals surface area contributed by atoms with E-state index in [0.717, 1.165) is 16.9 Å². The average Bonchev–Trinajstić information content (AvgIpc) is 2.16. The van der Waals surface area contributed by atoms with Gasteiger partial charge < -0.3 is 0 Å². The fourth-order valence-corrected chi connectivity index (χ4v) is 1.68. The molecule has 14 heavy (non-hydrogen) atoms. The highest BCUT2D eigenvalue weighted by Crippen LogP contribution is 2.18. The molecule has 0 saturated heterocycles. The van der Waals surface area contributed by atoms with Gasteiger partial charge in [-0.1, -0.05) is 6.92 Å². The van der Waals surface area contributed by atoms with Crippen molar-refractivity contribution in [3.05, 3.63) is 29.3 Å². The summed E-state index contributed by atoms with van der Waals surface area (Å²) in [6.07, 6.45) is 0.819. The van der Waals surface area contributed by atoms with Crippen LogP contribution in [0.2, 0.25) is 0 Å². The molecule has 76 valence electrons. The Labute approximate surface area is 94.9 Å². The van der Waals surface area contributed by atoms with E-state index in [4.69, 9.17) is 11.6 Å². The summed E-state index contributed by atoms with van der Waals surface area (Å²) >= 11 is 9.99. The Morgan fingerprint density at radius 3 is 2.71 bits per heavy atom. The molecule has 0 spiro atoms.